The largest absolute Gasteiger partial charge is 0.456 e. The van der Waals surface area contributed by atoms with Crippen LogP contribution in [0.25, 0.3) is 10.8 Å². The van der Waals surface area contributed by atoms with Crippen molar-refractivity contribution in [3.63, 3.8) is 0 Å². The van der Waals surface area contributed by atoms with Crippen LogP contribution in [0.15, 0.2) is 76.2 Å². The third kappa shape index (κ3) is 6.22. The monoisotopic (exact) mass is 598 g/mol. The first-order chi connectivity index (χ1) is 20.6. The summed E-state index contributed by atoms with van der Waals surface area (Å²) in [6, 6.07) is 14.3. The molecule has 3 heterocycles. The predicted molar refractivity (Wildman–Crippen MR) is 147 cm³/mol. The molecular formula is C28H30N4O11. The average Bonchev–Trinajstić information content (AvgIpc) is 3.31. The molecule has 2 aromatic carbocycles. The van der Waals surface area contributed by atoms with E-state index in [2.05, 4.69) is 5.32 Å². The summed E-state index contributed by atoms with van der Waals surface area (Å²) in [4.78, 5) is 51.1. The zero-order valence-electron chi connectivity index (χ0n) is 22.5. The summed E-state index contributed by atoms with van der Waals surface area (Å²) in [7, 11) is 0. The van der Waals surface area contributed by atoms with Gasteiger partial charge in [-0.15, -0.1) is 0 Å². The number of aromatic nitrogens is 2. The van der Waals surface area contributed by atoms with Crippen molar-refractivity contribution >= 4 is 22.6 Å². The fourth-order valence-corrected chi connectivity index (χ4v) is 5.07. The number of carbonyl (C=O) groups is 2. The van der Waals surface area contributed by atoms with Gasteiger partial charge < -0.3 is 45.7 Å². The Kier molecular flexibility index (Phi) is 8.72. The minimum Gasteiger partial charge on any atom is -0.456 e. The van der Waals surface area contributed by atoms with Crippen LogP contribution in [-0.4, -0.2) is 85.2 Å². The van der Waals surface area contributed by atoms with E-state index in [0.29, 0.717) is 0 Å². The lowest BCUT2D eigenvalue weighted by atomic mass is 9.94. The highest BCUT2D eigenvalue weighted by Gasteiger charge is 2.51. The molecule has 8 atom stereocenters. The number of aliphatic hydroxyl groups is 4. The molecule has 2 aliphatic heterocycles. The molecule has 228 valence electrons. The van der Waals surface area contributed by atoms with Crippen molar-refractivity contribution in [3.8, 4) is 0 Å². The average molecular weight is 599 g/mol. The Labute approximate surface area is 242 Å². The van der Waals surface area contributed by atoms with Crippen molar-refractivity contribution in [1.82, 2.24) is 14.9 Å². The number of nitrogens with one attached hydrogen (secondary N) is 2. The molecular weight excluding hydrogens is 568 g/mol. The summed E-state index contributed by atoms with van der Waals surface area (Å²) in [5.41, 5.74) is 4.70. The molecule has 0 unspecified atom stereocenters. The van der Waals surface area contributed by atoms with E-state index in [-0.39, 0.29) is 6.54 Å². The van der Waals surface area contributed by atoms with E-state index in [1.807, 2.05) is 47.4 Å². The highest BCUT2D eigenvalue weighted by atomic mass is 16.7. The van der Waals surface area contributed by atoms with Crippen LogP contribution in [0.5, 0.6) is 0 Å². The number of nitrogens with two attached hydrogens (primary N) is 1. The first-order valence-corrected chi connectivity index (χ1v) is 13.3. The smallest absolute Gasteiger partial charge is 0.330 e. The molecule has 0 radical (unpaired) electrons. The van der Waals surface area contributed by atoms with E-state index in [1.54, 1.807) is 0 Å². The number of hydrogen-bond donors (Lipinski definition) is 7. The number of H-pyrrole nitrogens is 1. The Bertz CT molecular complexity index is 1650. The summed E-state index contributed by atoms with van der Waals surface area (Å²) < 4.78 is 17.7. The number of nitrogens with zero attached hydrogens (tertiary/aromatic N) is 1. The lowest BCUT2D eigenvalue weighted by molar-refractivity contribution is -0.239. The highest BCUT2D eigenvalue weighted by Crippen LogP contribution is 2.36. The van der Waals surface area contributed by atoms with Crippen molar-refractivity contribution < 1.29 is 44.2 Å². The quantitative estimate of drug-likeness (QED) is 0.138. The van der Waals surface area contributed by atoms with Gasteiger partial charge >= 0.3 is 5.69 Å². The van der Waals surface area contributed by atoms with Gasteiger partial charge in [-0.2, -0.15) is 0 Å². The minimum atomic E-state index is -1.81. The number of primary amides is 1. The Balaban J connectivity index is 1.30. The van der Waals surface area contributed by atoms with Gasteiger partial charge in [0.15, 0.2) is 18.1 Å². The molecule has 43 heavy (non-hydrogen) atoms. The summed E-state index contributed by atoms with van der Waals surface area (Å²) in [6.45, 7) is -0.636. The van der Waals surface area contributed by atoms with Gasteiger partial charge in [0.2, 0.25) is 12.2 Å². The third-order valence-corrected chi connectivity index (χ3v) is 7.33. The van der Waals surface area contributed by atoms with Gasteiger partial charge in [-0.25, -0.2) is 4.79 Å². The Morgan fingerprint density at radius 2 is 1.81 bits per heavy atom. The van der Waals surface area contributed by atoms with E-state index in [9.17, 15) is 39.6 Å². The number of aliphatic hydroxyl groups excluding tert-OH is 4. The van der Waals surface area contributed by atoms with Crippen LogP contribution in [0.4, 0.5) is 0 Å². The van der Waals surface area contributed by atoms with E-state index in [0.717, 1.165) is 39.2 Å². The lowest BCUT2D eigenvalue weighted by Crippen LogP contribution is -2.53. The first-order valence-electron chi connectivity index (χ1n) is 13.3. The Morgan fingerprint density at radius 3 is 2.51 bits per heavy atom. The first kappa shape index (κ1) is 30.1. The van der Waals surface area contributed by atoms with Crippen molar-refractivity contribution in [3.05, 3.63) is 93.0 Å². The van der Waals surface area contributed by atoms with Gasteiger partial charge in [0.1, 0.15) is 24.4 Å². The molecule has 0 bridgehead atoms. The zero-order chi connectivity index (χ0) is 30.8. The van der Waals surface area contributed by atoms with E-state index in [4.69, 9.17) is 19.9 Å². The second kappa shape index (κ2) is 12.5. The van der Waals surface area contributed by atoms with Crippen molar-refractivity contribution in [2.24, 2.45) is 11.7 Å². The zero-order valence-corrected chi connectivity index (χ0v) is 22.5. The fourth-order valence-electron chi connectivity index (χ4n) is 5.07. The van der Waals surface area contributed by atoms with Gasteiger partial charge in [0, 0.05) is 24.7 Å². The van der Waals surface area contributed by atoms with Crippen LogP contribution in [-0.2, 0) is 30.3 Å². The fraction of sp³-hybridized carbons (Fsp3) is 0.357. The molecule has 3 aromatic rings. The van der Waals surface area contributed by atoms with Gasteiger partial charge in [0.25, 0.3) is 11.5 Å². The second-order valence-electron chi connectivity index (χ2n) is 10.2. The van der Waals surface area contributed by atoms with Crippen LogP contribution in [0.1, 0.15) is 11.8 Å². The molecule has 15 heteroatoms. The molecule has 15 nitrogen and oxygen atoms in total. The van der Waals surface area contributed by atoms with Crippen molar-refractivity contribution in [2.75, 3.05) is 6.61 Å². The van der Waals surface area contributed by atoms with E-state index < -0.39 is 84.4 Å². The van der Waals surface area contributed by atoms with Crippen LogP contribution in [0, 0.1) is 5.92 Å². The molecule has 1 aromatic heterocycles. The standard InChI is InChI=1S/C28H30N4O11/c29-24(38)23(22-16(12-33)20(36)26(42-22)32-8-7-19(35)31-28(32)40)43-27-21(37)17(34)10-18(41-27)25(39)30-11-13-5-6-14-3-1-2-4-15(14)9-13/h1-10,16-17,20-23,26-27,33-34,36-37H,11-12H2,(H2,29,38)(H,30,39)(H,31,35,40)/t16-,17-,20+,21-,22-,23+,26+,27+/m0/s1. The van der Waals surface area contributed by atoms with Gasteiger partial charge in [-0.1, -0.05) is 36.4 Å². The number of aromatic amines is 1. The predicted octanol–water partition coefficient (Wildman–Crippen LogP) is -2.29. The molecule has 5 rings (SSSR count). The Hall–Kier alpha value is -4.38. The highest BCUT2D eigenvalue weighted by molar-refractivity contribution is 5.91. The number of amides is 2. The second-order valence-corrected chi connectivity index (χ2v) is 10.2. The summed E-state index contributed by atoms with van der Waals surface area (Å²) in [5, 5.41) is 46.4. The number of carbonyl (C=O) groups excluding carboxylic acids is 2. The molecule has 8 N–H and O–H groups in total. The summed E-state index contributed by atoms with van der Waals surface area (Å²) in [6.07, 6.45) is -9.52. The van der Waals surface area contributed by atoms with Crippen molar-refractivity contribution in [2.45, 2.75) is 49.6 Å². The maximum atomic E-state index is 12.9. The maximum Gasteiger partial charge on any atom is 0.330 e. The molecule has 1 fully saturated rings. The van der Waals surface area contributed by atoms with Crippen LogP contribution in [0.3, 0.4) is 0 Å². The number of hydrogen-bond acceptors (Lipinski definition) is 11. The molecule has 0 saturated carbocycles. The van der Waals surface area contributed by atoms with Gasteiger partial charge in [-0.3, -0.25) is 23.9 Å². The maximum absolute atomic E-state index is 12.9. The minimum absolute atomic E-state index is 0.107. The third-order valence-electron chi connectivity index (χ3n) is 7.33. The van der Waals surface area contributed by atoms with Crippen LogP contribution < -0.4 is 22.3 Å². The SMILES string of the molecule is NC(=O)[C@H](O[C@H]1OC(C(=O)NCc2ccc3ccccc3c2)=C[C@H](O)[C@@H]1O)[C@H]1O[C@@H](n2ccc(=O)[nH]c2=O)[C@H](O)[C@@H]1CO. The molecule has 0 aliphatic carbocycles. The number of rotatable bonds is 9. The number of fused-ring (bicyclic) bond motifs is 1. The molecule has 2 amide bonds. The van der Waals surface area contributed by atoms with Crippen LogP contribution in [0.2, 0.25) is 0 Å². The normalized spacial score (nSPS) is 27.7. The summed E-state index contributed by atoms with van der Waals surface area (Å²) in [5.74, 6) is -3.54. The summed E-state index contributed by atoms with van der Waals surface area (Å²) >= 11 is 0. The molecule has 2 aliphatic rings. The van der Waals surface area contributed by atoms with E-state index in [1.165, 1.54) is 0 Å². The van der Waals surface area contributed by atoms with Gasteiger partial charge in [-0.05, 0) is 28.5 Å². The van der Waals surface area contributed by atoms with E-state index >= 15 is 0 Å². The number of benzene rings is 2. The van der Waals surface area contributed by atoms with Crippen LogP contribution >= 0.6 is 0 Å². The molecule has 0 spiro atoms. The number of ether oxygens (including phenoxy) is 3. The van der Waals surface area contributed by atoms with Gasteiger partial charge in [0.05, 0.1) is 6.61 Å². The molecule has 1 saturated heterocycles. The van der Waals surface area contributed by atoms with Crippen molar-refractivity contribution in [1.29, 1.82) is 0 Å². The lowest BCUT2D eigenvalue weighted by Gasteiger charge is -2.35. The Morgan fingerprint density at radius 1 is 1.07 bits per heavy atom. The topological polar surface area (TPSA) is 236 Å².